The van der Waals surface area contributed by atoms with E-state index in [0.29, 0.717) is 28.8 Å². The van der Waals surface area contributed by atoms with Gasteiger partial charge in [-0.05, 0) is 77.3 Å². The number of nitrogens with zero attached hydrogens (tertiary/aromatic N) is 3. The molecule has 0 spiro atoms. The minimum Gasteiger partial charge on any atom is -0.497 e. The second kappa shape index (κ2) is 16.0. The molecule has 290 valence electrons. The van der Waals surface area contributed by atoms with Gasteiger partial charge >= 0.3 is 0 Å². The fourth-order valence-corrected chi connectivity index (χ4v) is 8.41. The van der Waals surface area contributed by atoms with Crippen LogP contribution in [-0.4, -0.2) is 61.8 Å². The van der Waals surface area contributed by atoms with Crippen molar-refractivity contribution in [3.63, 3.8) is 0 Å². The molecule has 1 fully saturated rings. The molecular weight excluding hydrogens is 721 g/mol. The number of carbonyl (C=O) groups excluding carboxylic acids is 1. The van der Waals surface area contributed by atoms with Crippen LogP contribution in [0, 0.1) is 0 Å². The van der Waals surface area contributed by atoms with Gasteiger partial charge in [-0.25, -0.2) is 9.97 Å². The van der Waals surface area contributed by atoms with Crippen LogP contribution in [0.4, 0.5) is 5.82 Å². The van der Waals surface area contributed by atoms with Gasteiger partial charge in [0.05, 0.1) is 32.3 Å². The number of carbonyl (C=O) groups is 1. The average Bonchev–Trinajstić information content (AvgIpc) is 3.83. The third-order valence-corrected chi connectivity index (χ3v) is 15.7. The van der Waals surface area contributed by atoms with Crippen molar-refractivity contribution in [3.8, 4) is 11.5 Å². The number of ether oxygens (including phenoxy) is 4. The molecule has 4 aromatic carbocycles. The lowest BCUT2D eigenvalue weighted by Crippen LogP contribution is -2.47. The van der Waals surface area contributed by atoms with Crippen molar-refractivity contribution in [2.75, 3.05) is 26.1 Å². The van der Waals surface area contributed by atoms with Gasteiger partial charge < -0.3 is 33.3 Å². The Bertz CT molecular complexity index is 2190. The van der Waals surface area contributed by atoms with Crippen molar-refractivity contribution in [2.45, 2.75) is 69.4 Å². The Labute approximate surface area is 329 Å². The summed E-state index contributed by atoms with van der Waals surface area (Å²) in [7, 11) is 1.06. The summed E-state index contributed by atoms with van der Waals surface area (Å²) in [6.45, 7) is 11.5. The Kier molecular flexibility index (Phi) is 11.1. The summed E-state index contributed by atoms with van der Waals surface area (Å²) in [5.41, 5.74) is 3.00. The number of benzene rings is 4. The van der Waals surface area contributed by atoms with E-state index in [4.69, 9.17) is 23.4 Å². The summed E-state index contributed by atoms with van der Waals surface area (Å²) in [6, 6.07) is 37.3. The third-order valence-electron chi connectivity index (χ3n) is 11.2. The van der Waals surface area contributed by atoms with Crippen LogP contribution >= 0.6 is 0 Å². The highest BCUT2D eigenvalue weighted by Gasteiger charge is 2.47. The lowest BCUT2D eigenvalue weighted by molar-refractivity contribution is -0.0913. The fraction of sp³-hybridized carbons (Fsp3) is 0.311. The van der Waals surface area contributed by atoms with Gasteiger partial charge in [0.2, 0.25) is 0 Å². The number of anilines is 1. The lowest BCUT2D eigenvalue weighted by atomic mass is 9.80. The molecule has 56 heavy (non-hydrogen) atoms. The molecule has 11 heteroatoms. The Morgan fingerprint density at radius 2 is 1.38 bits per heavy atom. The highest BCUT2D eigenvalue weighted by Crippen LogP contribution is 2.45. The van der Waals surface area contributed by atoms with E-state index in [1.807, 2.05) is 77.5 Å². The van der Waals surface area contributed by atoms with E-state index in [-0.39, 0.29) is 23.7 Å². The molecule has 0 radical (unpaired) electrons. The molecular formula is C45H50N4O6Si. The second-order valence-corrected chi connectivity index (χ2v) is 20.4. The van der Waals surface area contributed by atoms with Crippen LogP contribution < -0.4 is 14.8 Å². The Morgan fingerprint density at radius 1 is 0.804 bits per heavy atom. The smallest absolute Gasteiger partial charge is 0.256 e. The normalized spacial score (nSPS) is 17.5. The van der Waals surface area contributed by atoms with E-state index in [2.05, 4.69) is 85.5 Å². The fourth-order valence-electron chi connectivity index (χ4n) is 7.05. The summed E-state index contributed by atoms with van der Waals surface area (Å²) in [5.74, 6) is 1.69. The molecule has 10 nitrogen and oxygen atoms in total. The van der Waals surface area contributed by atoms with Crippen LogP contribution in [-0.2, 0) is 19.5 Å². The van der Waals surface area contributed by atoms with Gasteiger partial charge in [0.1, 0.15) is 47.2 Å². The number of aromatic nitrogens is 3. The van der Waals surface area contributed by atoms with Crippen molar-refractivity contribution in [3.05, 3.63) is 150 Å². The number of nitrogens with one attached hydrogen (secondary N) is 1. The standard InChI is InChI=1S/C45H50N4O6Si/c1-44(2,3)56(6,7)55-38-28-40(49-27-26-37-41(46-30-47-42(37)49)48-43(50)31-14-10-8-11-15-31)54-39(38)29-53-45(32-16-12-9-13-17-32,33-18-22-35(51-4)23-19-33)34-20-24-36(52-5)25-21-34/h8-27,30,38-40H,28-29H2,1-7H3,(H,46,47,48,50)/t38-,39-,40-/m1/s1. The average molecular weight is 771 g/mol. The highest BCUT2D eigenvalue weighted by atomic mass is 28.4. The number of methoxy groups -OCH3 is 2. The maximum Gasteiger partial charge on any atom is 0.256 e. The predicted molar refractivity (Wildman–Crippen MR) is 221 cm³/mol. The second-order valence-electron chi connectivity index (χ2n) is 15.6. The van der Waals surface area contributed by atoms with Gasteiger partial charge in [-0.1, -0.05) is 93.6 Å². The largest absolute Gasteiger partial charge is 0.497 e. The molecule has 1 amide bonds. The van der Waals surface area contributed by atoms with E-state index in [1.165, 1.54) is 6.33 Å². The molecule has 1 aliphatic rings. The minimum atomic E-state index is -2.27. The van der Waals surface area contributed by atoms with E-state index in [0.717, 1.165) is 28.2 Å². The van der Waals surface area contributed by atoms with Gasteiger partial charge in [0.25, 0.3) is 5.91 Å². The number of hydrogen-bond donors (Lipinski definition) is 1. The van der Waals surface area contributed by atoms with Crippen molar-refractivity contribution in [1.82, 2.24) is 14.5 Å². The first-order valence-electron chi connectivity index (χ1n) is 18.9. The molecule has 2 aromatic heterocycles. The summed E-state index contributed by atoms with van der Waals surface area (Å²) in [5, 5.41) is 3.65. The van der Waals surface area contributed by atoms with E-state index in [1.54, 1.807) is 26.4 Å². The summed E-state index contributed by atoms with van der Waals surface area (Å²) >= 11 is 0. The van der Waals surface area contributed by atoms with E-state index < -0.39 is 26.3 Å². The maximum absolute atomic E-state index is 13.1. The van der Waals surface area contributed by atoms with Crippen LogP contribution in [0.3, 0.4) is 0 Å². The first kappa shape index (κ1) is 38.9. The molecule has 1 aliphatic heterocycles. The molecule has 0 unspecified atom stereocenters. The Morgan fingerprint density at radius 3 is 1.95 bits per heavy atom. The number of fused-ring (bicyclic) bond motifs is 1. The molecule has 3 atom stereocenters. The first-order chi connectivity index (χ1) is 26.9. The summed E-state index contributed by atoms with van der Waals surface area (Å²) < 4.78 is 34.7. The zero-order valence-electron chi connectivity index (χ0n) is 33.1. The number of hydrogen-bond acceptors (Lipinski definition) is 8. The van der Waals surface area contributed by atoms with Crippen LogP contribution in [0.2, 0.25) is 18.1 Å². The maximum atomic E-state index is 13.1. The zero-order valence-corrected chi connectivity index (χ0v) is 34.1. The van der Waals surface area contributed by atoms with Gasteiger partial charge in [-0.3, -0.25) is 4.79 Å². The molecule has 0 saturated carbocycles. The van der Waals surface area contributed by atoms with Crippen molar-refractivity contribution in [1.29, 1.82) is 0 Å². The van der Waals surface area contributed by atoms with Gasteiger partial charge in [0, 0.05) is 18.2 Å². The quantitative estimate of drug-likeness (QED) is 0.0915. The molecule has 6 aromatic rings. The Balaban J connectivity index is 1.26. The first-order valence-corrected chi connectivity index (χ1v) is 21.8. The topological polar surface area (TPSA) is 106 Å². The number of amides is 1. The molecule has 0 aliphatic carbocycles. The SMILES string of the molecule is COc1ccc(C(OC[C@H]2O[C@@H](n3ccc4c(NC(=O)c5ccccc5)ncnc43)C[C@H]2O[Si](C)(C)C(C)(C)C)(c2ccccc2)c2ccc(OC)cc2)cc1. The monoisotopic (exact) mass is 770 g/mol. The summed E-state index contributed by atoms with van der Waals surface area (Å²) in [4.78, 5) is 22.2. The van der Waals surface area contributed by atoms with Gasteiger partial charge in [0.15, 0.2) is 8.32 Å². The third kappa shape index (κ3) is 7.72. The molecule has 1 saturated heterocycles. The highest BCUT2D eigenvalue weighted by molar-refractivity contribution is 6.74. The lowest BCUT2D eigenvalue weighted by Gasteiger charge is -2.40. The molecule has 7 rings (SSSR count). The van der Waals surface area contributed by atoms with E-state index >= 15 is 0 Å². The van der Waals surface area contributed by atoms with Crippen molar-refractivity contribution < 1.29 is 28.2 Å². The molecule has 0 bridgehead atoms. The van der Waals surface area contributed by atoms with Gasteiger partial charge in [-0.2, -0.15) is 0 Å². The predicted octanol–water partition coefficient (Wildman–Crippen LogP) is 9.39. The van der Waals surface area contributed by atoms with E-state index in [9.17, 15) is 4.79 Å². The van der Waals surface area contributed by atoms with Gasteiger partial charge in [-0.15, -0.1) is 0 Å². The Hall–Kier alpha value is -5.33. The number of rotatable bonds is 13. The molecule has 3 heterocycles. The van der Waals surface area contributed by atoms with Crippen molar-refractivity contribution >= 4 is 31.1 Å². The van der Waals surface area contributed by atoms with Crippen LogP contribution in [0.5, 0.6) is 11.5 Å². The zero-order chi connectivity index (χ0) is 39.5. The van der Waals surface area contributed by atoms with Crippen LogP contribution in [0.15, 0.2) is 128 Å². The molecule has 1 N–H and O–H groups in total. The minimum absolute atomic E-state index is 0.0320. The van der Waals surface area contributed by atoms with Crippen LogP contribution in [0.1, 0.15) is 60.5 Å². The van der Waals surface area contributed by atoms with Crippen molar-refractivity contribution in [2.24, 2.45) is 0 Å². The summed E-state index contributed by atoms with van der Waals surface area (Å²) in [6.07, 6.45) is 2.84. The van der Waals surface area contributed by atoms with Crippen LogP contribution in [0.25, 0.3) is 11.0 Å².